The predicted octanol–water partition coefficient (Wildman–Crippen LogP) is 4.04. The Morgan fingerprint density at radius 1 is 1.16 bits per heavy atom. The molecule has 0 aliphatic heterocycles. The SMILES string of the molecule is CCOc1ccc(S(=O)(=O)Cc2cccc(-c3cn(C)c4ncnc(N)c34)c2F)cc1C. The van der Waals surface area contributed by atoms with Gasteiger partial charge >= 0.3 is 0 Å². The summed E-state index contributed by atoms with van der Waals surface area (Å²) in [6.07, 6.45) is 3.06. The van der Waals surface area contributed by atoms with Crippen LogP contribution in [-0.4, -0.2) is 29.6 Å². The lowest BCUT2D eigenvalue weighted by molar-refractivity contribution is 0.337. The normalized spacial score (nSPS) is 11.8. The molecule has 0 bridgehead atoms. The highest BCUT2D eigenvalue weighted by atomic mass is 32.2. The molecule has 0 radical (unpaired) electrons. The number of nitrogens with zero attached hydrogens (tertiary/aromatic N) is 3. The van der Waals surface area contributed by atoms with Crippen molar-refractivity contribution in [3.63, 3.8) is 0 Å². The second-order valence-electron chi connectivity index (χ2n) is 7.51. The zero-order valence-corrected chi connectivity index (χ0v) is 18.8. The van der Waals surface area contributed by atoms with Crippen LogP contribution in [0.2, 0.25) is 0 Å². The van der Waals surface area contributed by atoms with Gasteiger partial charge in [0.25, 0.3) is 0 Å². The van der Waals surface area contributed by atoms with Gasteiger partial charge in [-0.05, 0) is 37.6 Å². The predicted molar refractivity (Wildman–Crippen MR) is 122 cm³/mol. The summed E-state index contributed by atoms with van der Waals surface area (Å²) in [6.45, 7) is 4.11. The number of nitrogen functional groups attached to an aromatic ring is 1. The maximum Gasteiger partial charge on any atom is 0.182 e. The van der Waals surface area contributed by atoms with Crippen molar-refractivity contribution in [2.45, 2.75) is 24.5 Å². The van der Waals surface area contributed by atoms with E-state index in [1.54, 1.807) is 49.0 Å². The van der Waals surface area contributed by atoms with Crippen LogP contribution in [0.15, 0.2) is 53.8 Å². The van der Waals surface area contributed by atoms with E-state index in [1.807, 2.05) is 6.92 Å². The Hall–Kier alpha value is -3.46. The smallest absolute Gasteiger partial charge is 0.182 e. The molecule has 0 saturated heterocycles. The van der Waals surface area contributed by atoms with E-state index in [1.165, 1.54) is 18.5 Å². The van der Waals surface area contributed by atoms with Gasteiger partial charge < -0.3 is 15.0 Å². The van der Waals surface area contributed by atoms with Crippen molar-refractivity contribution in [3.8, 4) is 16.9 Å². The molecule has 2 heterocycles. The van der Waals surface area contributed by atoms with Crippen molar-refractivity contribution >= 4 is 26.7 Å². The second-order valence-corrected chi connectivity index (χ2v) is 9.50. The number of benzene rings is 2. The van der Waals surface area contributed by atoms with Crippen LogP contribution < -0.4 is 10.5 Å². The number of rotatable bonds is 6. The largest absolute Gasteiger partial charge is 0.494 e. The van der Waals surface area contributed by atoms with Crippen molar-refractivity contribution in [3.05, 3.63) is 65.9 Å². The van der Waals surface area contributed by atoms with Crippen LogP contribution in [0, 0.1) is 12.7 Å². The fourth-order valence-electron chi connectivity index (χ4n) is 3.76. The minimum atomic E-state index is -3.78. The molecule has 2 aromatic heterocycles. The van der Waals surface area contributed by atoms with Gasteiger partial charge in [-0.1, -0.05) is 18.2 Å². The number of halogens is 1. The Bertz CT molecular complexity index is 1430. The van der Waals surface area contributed by atoms with E-state index in [0.29, 0.717) is 34.5 Å². The second kappa shape index (κ2) is 8.23. The molecule has 0 atom stereocenters. The van der Waals surface area contributed by atoms with Crippen molar-refractivity contribution in [2.24, 2.45) is 7.05 Å². The first-order valence-electron chi connectivity index (χ1n) is 10.0. The van der Waals surface area contributed by atoms with Crippen LogP contribution in [0.1, 0.15) is 18.1 Å². The number of hydrogen-bond acceptors (Lipinski definition) is 6. The minimum absolute atomic E-state index is 0.0708. The number of aryl methyl sites for hydroxylation is 2. The molecule has 9 heteroatoms. The summed E-state index contributed by atoms with van der Waals surface area (Å²) in [4.78, 5) is 8.34. The molecule has 2 N–H and O–H groups in total. The lowest BCUT2D eigenvalue weighted by Gasteiger charge is -2.12. The summed E-state index contributed by atoms with van der Waals surface area (Å²) in [5.74, 6) is -0.241. The number of hydrogen-bond donors (Lipinski definition) is 1. The van der Waals surface area contributed by atoms with E-state index in [9.17, 15) is 8.42 Å². The fraction of sp³-hybridized carbons (Fsp3) is 0.217. The number of ether oxygens (including phenoxy) is 1. The Kier molecular flexibility index (Phi) is 5.60. The van der Waals surface area contributed by atoms with Crippen LogP contribution in [0.4, 0.5) is 10.2 Å². The molecule has 4 rings (SSSR count). The third-order valence-corrected chi connectivity index (χ3v) is 6.97. The zero-order valence-electron chi connectivity index (χ0n) is 18.0. The van der Waals surface area contributed by atoms with Gasteiger partial charge in [-0.15, -0.1) is 0 Å². The zero-order chi connectivity index (χ0) is 23.0. The number of sulfone groups is 1. The van der Waals surface area contributed by atoms with Gasteiger partial charge in [0.15, 0.2) is 9.84 Å². The van der Waals surface area contributed by atoms with Gasteiger partial charge in [0.1, 0.15) is 29.4 Å². The molecular formula is C23H23FN4O3S. The van der Waals surface area contributed by atoms with Gasteiger partial charge in [-0.25, -0.2) is 22.8 Å². The highest BCUT2D eigenvalue weighted by molar-refractivity contribution is 7.90. The first-order valence-corrected chi connectivity index (χ1v) is 11.7. The van der Waals surface area contributed by atoms with E-state index in [4.69, 9.17) is 10.5 Å². The Morgan fingerprint density at radius 2 is 1.94 bits per heavy atom. The van der Waals surface area contributed by atoms with Crippen LogP contribution in [0.25, 0.3) is 22.2 Å². The quantitative estimate of drug-likeness (QED) is 0.472. The highest BCUT2D eigenvalue weighted by Crippen LogP contribution is 2.35. The van der Waals surface area contributed by atoms with Gasteiger partial charge in [0.05, 0.1) is 22.6 Å². The molecule has 0 aliphatic carbocycles. The number of anilines is 1. The maximum atomic E-state index is 15.5. The lowest BCUT2D eigenvalue weighted by atomic mass is 10.0. The Balaban J connectivity index is 1.75. The van der Waals surface area contributed by atoms with Crippen LogP contribution in [0.3, 0.4) is 0 Å². The Morgan fingerprint density at radius 3 is 2.66 bits per heavy atom. The molecular weight excluding hydrogens is 431 g/mol. The third kappa shape index (κ3) is 3.80. The van der Waals surface area contributed by atoms with Gasteiger partial charge in [-0.3, -0.25) is 0 Å². The Labute approximate surface area is 185 Å². The number of aromatic nitrogens is 3. The molecule has 0 aliphatic rings. The third-order valence-electron chi connectivity index (χ3n) is 5.30. The van der Waals surface area contributed by atoms with Crippen LogP contribution >= 0.6 is 0 Å². The first-order chi connectivity index (χ1) is 15.2. The van der Waals surface area contributed by atoms with Crippen LogP contribution in [0.5, 0.6) is 5.75 Å². The summed E-state index contributed by atoms with van der Waals surface area (Å²) in [5, 5.41) is 0.524. The average Bonchev–Trinajstić information content (AvgIpc) is 3.09. The molecule has 0 amide bonds. The van der Waals surface area contributed by atoms with E-state index in [-0.39, 0.29) is 21.8 Å². The van der Waals surface area contributed by atoms with Gasteiger partial charge in [0.2, 0.25) is 0 Å². The molecule has 2 aromatic carbocycles. The lowest BCUT2D eigenvalue weighted by Crippen LogP contribution is -2.08. The van der Waals surface area contributed by atoms with Crippen molar-refractivity contribution in [2.75, 3.05) is 12.3 Å². The summed E-state index contributed by atoms with van der Waals surface area (Å²) in [6, 6.07) is 9.35. The molecule has 0 saturated carbocycles. The minimum Gasteiger partial charge on any atom is -0.494 e. The number of fused-ring (bicyclic) bond motifs is 1. The van der Waals surface area contributed by atoms with Gasteiger partial charge in [-0.2, -0.15) is 0 Å². The van der Waals surface area contributed by atoms with Crippen molar-refractivity contribution in [1.82, 2.24) is 14.5 Å². The van der Waals surface area contributed by atoms with Crippen molar-refractivity contribution in [1.29, 1.82) is 0 Å². The van der Waals surface area contributed by atoms with Crippen molar-refractivity contribution < 1.29 is 17.5 Å². The summed E-state index contributed by atoms with van der Waals surface area (Å²) < 4.78 is 48.8. The van der Waals surface area contributed by atoms with E-state index >= 15 is 4.39 Å². The van der Waals surface area contributed by atoms with Crippen LogP contribution in [-0.2, 0) is 22.6 Å². The maximum absolute atomic E-state index is 15.5. The molecule has 32 heavy (non-hydrogen) atoms. The van der Waals surface area contributed by atoms with E-state index < -0.39 is 21.4 Å². The molecule has 0 fully saturated rings. The van der Waals surface area contributed by atoms with Gasteiger partial charge in [0, 0.05) is 29.9 Å². The van der Waals surface area contributed by atoms with E-state index in [0.717, 1.165) is 0 Å². The molecule has 0 spiro atoms. The monoisotopic (exact) mass is 454 g/mol. The summed E-state index contributed by atoms with van der Waals surface area (Å²) in [5.41, 5.74) is 8.12. The molecule has 4 aromatic rings. The standard InChI is InChI=1S/C23H23FN4O3S/c1-4-31-19-9-8-16(10-14(19)2)32(29,30)12-15-6-5-7-17(21(15)24)18-11-28(3)23-20(18)22(25)26-13-27-23/h5-11,13H,4,12H2,1-3H3,(H2,25,26,27). The average molecular weight is 455 g/mol. The topological polar surface area (TPSA) is 100 Å². The number of nitrogens with two attached hydrogens (primary N) is 1. The highest BCUT2D eigenvalue weighted by Gasteiger charge is 2.22. The first kappa shape index (κ1) is 21.8. The molecule has 7 nitrogen and oxygen atoms in total. The fourth-order valence-corrected chi connectivity index (χ4v) is 5.19. The molecule has 166 valence electrons. The summed E-state index contributed by atoms with van der Waals surface area (Å²) in [7, 11) is -2.01. The van der Waals surface area contributed by atoms with E-state index in [2.05, 4.69) is 9.97 Å². The molecule has 0 unspecified atom stereocenters. The summed E-state index contributed by atoms with van der Waals surface area (Å²) >= 11 is 0.